The Bertz CT molecular complexity index is 626. The number of aryl methyl sites for hydroxylation is 1. The number of imidazole rings is 1. The largest absolute Gasteiger partial charge is 0.478 e. The first-order chi connectivity index (χ1) is 9.56. The second kappa shape index (κ2) is 6.33. The number of rotatable bonds is 5. The van der Waals surface area contributed by atoms with E-state index in [1.807, 2.05) is 0 Å². The lowest BCUT2D eigenvalue weighted by molar-refractivity contribution is -0.116. The number of carbonyl (C=O) groups excluding carboxylic acids is 1. The predicted molar refractivity (Wildman–Crippen MR) is 76.6 cm³/mol. The first-order valence-corrected chi connectivity index (χ1v) is 6.64. The summed E-state index contributed by atoms with van der Waals surface area (Å²) < 4.78 is 2.42. The zero-order valence-electron chi connectivity index (χ0n) is 10.4. The Morgan fingerprint density at radius 3 is 2.85 bits per heavy atom. The molecule has 0 saturated carbocycles. The number of nitrogens with zero attached hydrogens (tertiary/aromatic N) is 2. The average Bonchev–Trinajstić information content (AvgIpc) is 2.91. The Morgan fingerprint density at radius 1 is 1.40 bits per heavy atom. The van der Waals surface area contributed by atoms with Gasteiger partial charge in [-0.25, -0.2) is 9.78 Å². The van der Waals surface area contributed by atoms with E-state index in [0.29, 0.717) is 11.0 Å². The Hall–Kier alpha value is -2.15. The molecule has 2 N–H and O–H groups in total. The van der Waals surface area contributed by atoms with Crippen LogP contribution in [-0.4, -0.2) is 26.5 Å². The van der Waals surface area contributed by atoms with Gasteiger partial charge < -0.3 is 15.0 Å². The van der Waals surface area contributed by atoms with E-state index in [0.717, 1.165) is 0 Å². The molecule has 0 unspecified atom stereocenters. The fraction of sp³-hybridized carbons (Fsp3) is 0.154. The molecule has 2 aromatic rings. The van der Waals surface area contributed by atoms with Gasteiger partial charge in [0.1, 0.15) is 0 Å². The molecule has 0 aliphatic rings. The van der Waals surface area contributed by atoms with Crippen LogP contribution in [0.15, 0.2) is 41.4 Å². The second-order valence-corrected chi connectivity index (χ2v) is 5.01. The Balaban J connectivity index is 2.02. The molecule has 6 nitrogen and oxygen atoms in total. The van der Waals surface area contributed by atoms with E-state index in [-0.39, 0.29) is 23.6 Å². The van der Waals surface area contributed by atoms with Crippen LogP contribution in [0.5, 0.6) is 0 Å². The van der Waals surface area contributed by atoms with Crippen molar-refractivity contribution in [2.75, 3.05) is 5.32 Å². The van der Waals surface area contributed by atoms with Crippen LogP contribution in [0.2, 0.25) is 0 Å². The zero-order valence-corrected chi connectivity index (χ0v) is 12.0. The van der Waals surface area contributed by atoms with Crippen molar-refractivity contribution in [1.82, 2.24) is 9.55 Å². The van der Waals surface area contributed by atoms with E-state index in [1.165, 1.54) is 6.07 Å². The number of hydrogen-bond acceptors (Lipinski definition) is 3. The Labute approximate surface area is 123 Å². The van der Waals surface area contributed by atoms with Crippen LogP contribution in [0.3, 0.4) is 0 Å². The van der Waals surface area contributed by atoms with Crippen LogP contribution in [-0.2, 0) is 11.3 Å². The van der Waals surface area contributed by atoms with Crippen molar-refractivity contribution >= 4 is 33.5 Å². The number of carboxylic acids is 1. The van der Waals surface area contributed by atoms with Crippen molar-refractivity contribution in [1.29, 1.82) is 0 Å². The SMILES string of the molecule is O=C(CCn1ccnc1)Nc1ccc(Br)cc1C(=O)O. The Kier molecular flexibility index (Phi) is 4.52. The third-order valence-corrected chi connectivity index (χ3v) is 3.14. The highest BCUT2D eigenvalue weighted by Crippen LogP contribution is 2.21. The predicted octanol–water partition coefficient (Wildman–Crippen LogP) is 2.37. The van der Waals surface area contributed by atoms with Crippen LogP contribution in [0, 0.1) is 0 Å². The molecule has 0 atom stereocenters. The lowest BCUT2D eigenvalue weighted by atomic mass is 10.1. The van der Waals surface area contributed by atoms with Gasteiger partial charge >= 0.3 is 5.97 Å². The number of hydrogen-bond donors (Lipinski definition) is 2. The minimum atomic E-state index is -1.09. The number of carbonyl (C=O) groups is 2. The second-order valence-electron chi connectivity index (χ2n) is 4.09. The number of carboxylic acid groups (broad SMARTS) is 1. The van der Waals surface area contributed by atoms with E-state index >= 15 is 0 Å². The molecule has 104 valence electrons. The smallest absolute Gasteiger partial charge is 0.337 e. The number of amides is 1. The third-order valence-electron chi connectivity index (χ3n) is 2.64. The summed E-state index contributed by atoms with van der Waals surface area (Å²) in [6.07, 6.45) is 5.26. The van der Waals surface area contributed by atoms with Gasteiger partial charge in [0, 0.05) is 29.8 Å². The van der Waals surface area contributed by atoms with Gasteiger partial charge in [0.05, 0.1) is 17.6 Å². The minimum absolute atomic E-state index is 0.0513. The maximum absolute atomic E-state index is 11.8. The molecule has 1 heterocycles. The molecule has 0 spiro atoms. The van der Waals surface area contributed by atoms with Gasteiger partial charge in [0.15, 0.2) is 0 Å². The highest BCUT2D eigenvalue weighted by molar-refractivity contribution is 9.10. The molecular weight excluding hydrogens is 326 g/mol. The van der Waals surface area contributed by atoms with Gasteiger partial charge in [0.25, 0.3) is 0 Å². The molecule has 0 fully saturated rings. The summed E-state index contributed by atoms with van der Waals surface area (Å²) >= 11 is 3.20. The molecule has 7 heteroatoms. The molecule has 2 rings (SSSR count). The van der Waals surface area contributed by atoms with E-state index in [2.05, 4.69) is 26.2 Å². The molecule has 0 radical (unpaired) electrons. The van der Waals surface area contributed by atoms with Gasteiger partial charge in [-0.2, -0.15) is 0 Å². The average molecular weight is 338 g/mol. The summed E-state index contributed by atoms with van der Waals surface area (Å²) in [7, 11) is 0. The summed E-state index contributed by atoms with van der Waals surface area (Å²) in [4.78, 5) is 26.8. The van der Waals surface area contributed by atoms with Crippen LogP contribution < -0.4 is 5.32 Å². The molecule has 0 bridgehead atoms. The molecule has 0 aliphatic heterocycles. The maximum atomic E-state index is 11.8. The Morgan fingerprint density at radius 2 is 2.20 bits per heavy atom. The van der Waals surface area contributed by atoms with Gasteiger partial charge in [0.2, 0.25) is 5.91 Å². The summed E-state index contributed by atoms with van der Waals surface area (Å²) in [5.41, 5.74) is 0.340. The van der Waals surface area contributed by atoms with E-state index in [1.54, 1.807) is 35.4 Å². The van der Waals surface area contributed by atoms with Crippen molar-refractivity contribution in [3.63, 3.8) is 0 Å². The number of halogens is 1. The first kappa shape index (κ1) is 14.3. The van der Waals surface area contributed by atoms with Crippen molar-refractivity contribution in [3.8, 4) is 0 Å². The molecular formula is C13H12BrN3O3. The lowest BCUT2D eigenvalue weighted by Crippen LogP contribution is -2.16. The third kappa shape index (κ3) is 3.67. The zero-order chi connectivity index (χ0) is 14.5. The van der Waals surface area contributed by atoms with Crippen LogP contribution >= 0.6 is 15.9 Å². The standard InChI is InChI=1S/C13H12BrN3O3/c14-9-1-2-11(10(7-9)13(19)20)16-12(18)3-5-17-6-4-15-8-17/h1-2,4,6-8H,3,5H2,(H,16,18)(H,19,20). The fourth-order valence-corrected chi connectivity index (χ4v) is 2.03. The van der Waals surface area contributed by atoms with Crippen LogP contribution in [0.4, 0.5) is 5.69 Å². The molecule has 0 aliphatic carbocycles. The van der Waals surface area contributed by atoms with Crippen molar-refractivity contribution < 1.29 is 14.7 Å². The topological polar surface area (TPSA) is 84.2 Å². The summed E-state index contributed by atoms with van der Waals surface area (Å²) in [6.45, 7) is 0.491. The van der Waals surface area contributed by atoms with Crippen LogP contribution in [0.25, 0.3) is 0 Å². The van der Waals surface area contributed by atoms with Gasteiger partial charge in [-0.15, -0.1) is 0 Å². The normalized spacial score (nSPS) is 10.2. The lowest BCUT2D eigenvalue weighted by Gasteiger charge is -2.09. The molecule has 0 saturated heterocycles. The molecule has 1 aromatic carbocycles. The minimum Gasteiger partial charge on any atom is -0.478 e. The number of nitrogens with one attached hydrogen (secondary N) is 1. The summed E-state index contributed by atoms with van der Waals surface area (Å²) in [5, 5.41) is 11.7. The maximum Gasteiger partial charge on any atom is 0.337 e. The van der Waals surface area contributed by atoms with E-state index < -0.39 is 5.97 Å². The molecule has 20 heavy (non-hydrogen) atoms. The van der Waals surface area contributed by atoms with Crippen LogP contribution in [0.1, 0.15) is 16.8 Å². The van der Waals surface area contributed by atoms with Gasteiger partial charge in [-0.1, -0.05) is 15.9 Å². The van der Waals surface area contributed by atoms with Crippen molar-refractivity contribution in [2.45, 2.75) is 13.0 Å². The number of anilines is 1. The fourth-order valence-electron chi connectivity index (χ4n) is 1.66. The quantitative estimate of drug-likeness (QED) is 0.877. The van der Waals surface area contributed by atoms with E-state index in [9.17, 15) is 9.59 Å². The summed E-state index contributed by atoms with van der Waals surface area (Å²) in [5.74, 6) is -1.33. The highest BCUT2D eigenvalue weighted by Gasteiger charge is 2.12. The van der Waals surface area contributed by atoms with Gasteiger partial charge in [-0.05, 0) is 18.2 Å². The monoisotopic (exact) mass is 337 g/mol. The van der Waals surface area contributed by atoms with E-state index in [4.69, 9.17) is 5.11 Å². The number of benzene rings is 1. The highest BCUT2D eigenvalue weighted by atomic mass is 79.9. The summed E-state index contributed by atoms with van der Waals surface area (Å²) in [6, 6.07) is 4.69. The van der Waals surface area contributed by atoms with Crippen molar-refractivity contribution in [2.24, 2.45) is 0 Å². The van der Waals surface area contributed by atoms with Crippen molar-refractivity contribution in [3.05, 3.63) is 47.0 Å². The number of aromatic nitrogens is 2. The molecule has 1 aromatic heterocycles. The molecule has 1 amide bonds. The first-order valence-electron chi connectivity index (χ1n) is 5.84. The van der Waals surface area contributed by atoms with Gasteiger partial charge in [-0.3, -0.25) is 4.79 Å². The number of aromatic carboxylic acids is 1.